The Labute approximate surface area is 204 Å². The number of benzene rings is 2. The van der Waals surface area contributed by atoms with Crippen molar-refractivity contribution in [2.45, 2.75) is 11.8 Å². The lowest BCUT2D eigenvalue weighted by atomic mass is 10.2. The molecule has 0 atom stereocenters. The Bertz CT molecular complexity index is 1090. The number of para-hydroxylation sites is 1. The van der Waals surface area contributed by atoms with Gasteiger partial charge in [-0.2, -0.15) is 4.98 Å². The summed E-state index contributed by atoms with van der Waals surface area (Å²) in [6.07, 6.45) is 1.60. The normalized spacial score (nSPS) is 14.2. The number of ether oxygens (including phenoxy) is 1. The van der Waals surface area contributed by atoms with Crippen molar-refractivity contribution < 1.29 is 4.74 Å². The van der Waals surface area contributed by atoms with Gasteiger partial charge >= 0.3 is 0 Å². The van der Waals surface area contributed by atoms with Crippen LogP contribution in [0.4, 0.5) is 28.8 Å². The van der Waals surface area contributed by atoms with Gasteiger partial charge in [0.25, 0.3) is 0 Å². The number of methoxy groups -OCH3 is 1. The van der Waals surface area contributed by atoms with E-state index in [0.29, 0.717) is 16.8 Å². The second-order valence-corrected chi connectivity index (χ2v) is 9.46. The minimum atomic E-state index is 0.438. The fraction of sp³-hybridized carbons (Fsp3) is 0.333. The third-order valence-corrected chi connectivity index (χ3v) is 6.72. The first-order valence-electron chi connectivity index (χ1n) is 11.0. The minimum absolute atomic E-state index is 0.438. The first-order chi connectivity index (χ1) is 16.1. The van der Waals surface area contributed by atoms with Gasteiger partial charge in [-0.1, -0.05) is 30.7 Å². The standard InChI is InChI=1S/C24H29ClN6OS/c1-4-33-22-8-6-5-7-20(22)27-23-18(25)16-26-24(29-23)28-19-10-9-17(15-21(19)32-3)31-13-11-30(2)12-14-31/h5-10,15-16H,4,11-14H2,1-3H3,(H2,26,27,28,29). The lowest BCUT2D eigenvalue weighted by Gasteiger charge is -2.34. The van der Waals surface area contributed by atoms with Crippen molar-refractivity contribution in [2.24, 2.45) is 0 Å². The van der Waals surface area contributed by atoms with Crippen LogP contribution in [0.3, 0.4) is 0 Å². The number of nitrogens with one attached hydrogen (secondary N) is 2. The molecule has 0 bridgehead atoms. The van der Waals surface area contributed by atoms with E-state index in [9.17, 15) is 0 Å². The highest BCUT2D eigenvalue weighted by Gasteiger charge is 2.17. The first kappa shape index (κ1) is 23.5. The maximum absolute atomic E-state index is 6.40. The summed E-state index contributed by atoms with van der Waals surface area (Å²) >= 11 is 8.16. The lowest BCUT2D eigenvalue weighted by molar-refractivity contribution is 0.312. The molecule has 0 amide bonds. The zero-order valence-corrected chi connectivity index (χ0v) is 20.7. The van der Waals surface area contributed by atoms with Crippen molar-refractivity contribution in [1.82, 2.24) is 14.9 Å². The Kier molecular flexibility index (Phi) is 7.80. The molecule has 0 radical (unpaired) electrons. The molecule has 0 unspecified atom stereocenters. The highest BCUT2D eigenvalue weighted by atomic mass is 35.5. The molecule has 2 heterocycles. The number of thioether (sulfide) groups is 1. The number of likely N-dealkylation sites (N-methyl/N-ethyl adjacent to an activating group) is 1. The summed E-state index contributed by atoms with van der Waals surface area (Å²) in [7, 11) is 3.83. The molecule has 3 aromatic rings. The first-order valence-corrected chi connectivity index (χ1v) is 12.3. The molecule has 2 aromatic carbocycles. The number of rotatable bonds is 8. The van der Waals surface area contributed by atoms with E-state index < -0.39 is 0 Å². The van der Waals surface area contributed by atoms with Crippen molar-refractivity contribution in [2.75, 3.05) is 61.6 Å². The average Bonchev–Trinajstić information content (AvgIpc) is 2.83. The number of nitrogens with zero attached hydrogens (tertiary/aromatic N) is 4. The van der Waals surface area contributed by atoms with Gasteiger partial charge in [-0.15, -0.1) is 11.8 Å². The van der Waals surface area contributed by atoms with Crippen molar-refractivity contribution in [1.29, 1.82) is 0 Å². The molecule has 1 saturated heterocycles. The fourth-order valence-electron chi connectivity index (χ4n) is 3.66. The average molecular weight is 485 g/mol. The molecule has 9 heteroatoms. The zero-order valence-electron chi connectivity index (χ0n) is 19.1. The van der Waals surface area contributed by atoms with E-state index in [1.54, 1.807) is 25.1 Å². The molecule has 1 aliphatic heterocycles. The van der Waals surface area contributed by atoms with Gasteiger partial charge < -0.3 is 25.2 Å². The molecule has 1 aliphatic rings. The Morgan fingerprint density at radius 1 is 1.06 bits per heavy atom. The van der Waals surface area contributed by atoms with Crippen LogP contribution >= 0.6 is 23.4 Å². The molecular weight excluding hydrogens is 456 g/mol. The van der Waals surface area contributed by atoms with Gasteiger partial charge in [-0.05, 0) is 37.1 Å². The predicted molar refractivity (Wildman–Crippen MR) is 139 cm³/mol. The summed E-state index contributed by atoms with van der Waals surface area (Å²) in [5.41, 5.74) is 2.91. The van der Waals surface area contributed by atoms with Crippen LogP contribution in [0.25, 0.3) is 0 Å². The Hall–Kier alpha value is -2.68. The molecule has 2 N–H and O–H groups in total. The third kappa shape index (κ3) is 5.82. The Balaban J connectivity index is 1.53. The topological polar surface area (TPSA) is 65.6 Å². The van der Waals surface area contributed by atoms with E-state index >= 15 is 0 Å². The molecule has 174 valence electrons. The van der Waals surface area contributed by atoms with E-state index in [1.807, 2.05) is 24.3 Å². The fourth-order valence-corrected chi connectivity index (χ4v) is 4.56. The number of hydrogen-bond donors (Lipinski definition) is 2. The highest BCUT2D eigenvalue weighted by molar-refractivity contribution is 7.99. The van der Waals surface area contributed by atoms with Gasteiger partial charge in [0.05, 0.1) is 24.7 Å². The van der Waals surface area contributed by atoms with Crippen LogP contribution in [0.5, 0.6) is 5.75 Å². The van der Waals surface area contributed by atoms with Crippen LogP contribution < -0.4 is 20.3 Å². The van der Waals surface area contributed by atoms with E-state index in [0.717, 1.165) is 59.6 Å². The number of halogens is 1. The number of aromatic nitrogens is 2. The summed E-state index contributed by atoms with van der Waals surface area (Å²) in [5.74, 6) is 2.70. The maximum atomic E-state index is 6.40. The van der Waals surface area contributed by atoms with Crippen molar-refractivity contribution in [3.8, 4) is 5.75 Å². The highest BCUT2D eigenvalue weighted by Crippen LogP contribution is 2.34. The largest absolute Gasteiger partial charge is 0.494 e. The van der Waals surface area contributed by atoms with Crippen LogP contribution in [0.2, 0.25) is 5.02 Å². The number of hydrogen-bond acceptors (Lipinski definition) is 8. The van der Waals surface area contributed by atoms with Crippen LogP contribution in [0.15, 0.2) is 53.6 Å². The molecule has 1 aromatic heterocycles. The van der Waals surface area contributed by atoms with Gasteiger partial charge in [-0.25, -0.2) is 4.98 Å². The van der Waals surface area contributed by atoms with E-state index in [2.05, 4.69) is 62.6 Å². The second-order valence-electron chi connectivity index (χ2n) is 7.74. The maximum Gasteiger partial charge on any atom is 0.229 e. The molecule has 0 spiro atoms. The summed E-state index contributed by atoms with van der Waals surface area (Å²) < 4.78 is 5.66. The lowest BCUT2D eigenvalue weighted by Crippen LogP contribution is -2.44. The Morgan fingerprint density at radius 3 is 2.61 bits per heavy atom. The van der Waals surface area contributed by atoms with Crippen molar-refractivity contribution >= 4 is 52.2 Å². The summed E-state index contributed by atoms with van der Waals surface area (Å²) in [5, 5.41) is 7.08. The summed E-state index contributed by atoms with van der Waals surface area (Å²) in [6.45, 7) is 6.23. The van der Waals surface area contributed by atoms with E-state index in [-0.39, 0.29) is 0 Å². The van der Waals surface area contributed by atoms with Gasteiger partial charge in [0.2, 0.25) is 5.95 Å². The Morgan fingerprint density at radius 2 is 1.85 bits per heavy atom. The molecule has 7 nitrogen and oxygen atoms in total. The van der Waals surface area contributed by atoms with Gasteiger partial charge in [0, 0.05) is 42.8 Å². The van der Waals surface area contributed by atoms with Crippen LogP contribution in [-0.4, -0.2) is 61.0 Å². The monoisotopic (exact) mass is 484 g/mol. The van der Waals surface area contributed by atoms with Crippen LogP contribution in [0.1, 0.15) is 6.92 Å². The minimum Gasteiger partial charge on any atom is -0.494 e. The van der Waals surface area contributed by atoms with Crippen molar-refractivity contribution in [3.63, 3.8) is 0 Å². The quantitative estimate of drug-likeness (QED) is 0.407. The predicted octanol–water partition coefficient (Wildman–Crippen LogP) is 5.49. The van der Waals surface area contributed by atoms with Gasteiger partial charge in [0.15, 0.2) is 5.82 Å². The molecular formula is C24H29ClN6OS. The molecule has 1 fully saturated rings. The smallest absolute Gasteiger partial charge is 0.229 e. The summed E-state index contributed by atoms with van der Waals surface area (Å²) in [6, 6.07) is 14.3. The zero-order chi connectivity index (χ0) is 23.2. The number of piperazine rings is 1. The van der Waals surface area contributed by atoms with Crippen molar-refractivity contribution in [3.05, 3.63) is 53.7 Å². The number of anilines is 5. The molecule has 4 rings (SSSR count). The molecule has 0 saturated carbocycles. The third-order valence-electron chi connectivity index (χ3n) is 5.48. The van der Waals surface area contributed by atoms with E-state index in [1.165, 1.54) is 0 Å². The van der Waals surface area contributed by atoms with Crippen LogP contribution in [-0.2, 0) is 0 Å². The summed E-state index contributed by atoms with van der Waals surface area (Å²) in [4.78, 5) is 14.8. The molecule has 0 aliphatic carbocycles. The molecule has 33 heavy (non-hydrogen) atoms. The van der Waals surface area contributed by atoms with E-state index in [4.69, 9.17) is 16.3 Å². The van der Waals surface area contributed by atoms with Crippen LogP contribution in [0, 0.1) is 0 Å². The second kappa shape index (κ2) is 11.0. The van der Waals surface area contributed by atoms with Gasteiger partial charge in [0.1, 0.15) is 10.8 Å². The van der Waals surface area contributed by atoms with Gasteiger partial charge in [-0.3, -0.25) is 0 Å². The SMILES string of the molecule is CCSc1ccccc1Nc1nc(Nc2ccc(N3CCN(C)CC3)cc2OC)ncc1Cl.